The Hall–Kier alpha value is 0.174. The Morgan fingerprint density at radius 2 is 1.67 bits per heavy atom. The standard InChI is InChI=1S/C10H22Si2/c1-11(2)9-7-6-8-10(9)12(3,4)5/h11H,6-8H2,1-5H3. The largest absolute Gasteiger partial charge is 0.0891 e. The Labute approximate surface area is 79.7 Å². The van der Waals surface area contributed by atoms with E-state index in [0.29, 0.717) is 0 Å². The van der Waals surface area contributed by atoms with Gasteiger partial charge in [-0.25, -0.2) is 0 Å². The lowest BCUT2D eigenvalue weighted by atomic mass is 10.4. The molecule has 0 N–H and O–H groups in total. The lowest BCUT2D eigenvalue weighted by molar-refractivity contribution is 0.914. The van der Waals surface area contributed by atoms with E-state index >= 15 is 0 Å². The van der Waals surface area contributed by atoms with Gasteiger partial charge < -0.3 is 0 Å². The second kappa shape index (κ2) is 3.50. The van der Waals surface area contributed by atoms with E-state index in [4.69, 9.17) is 0 Å². The average molecular weight is 198 g/mol. The van der Waals surface area contributed by atoms with Gasteiger partial charge in [-0.1, -0.05) is 43.1 Å². The molecule has 1 aliphatic rings. The van der Waals surface area contributed by atoms with Crippen LogP contribution in [0.15, 0.2) is 10.4 Å². The Kier molecular flexibility index (Phi) is 2.99. The van der Waals surface area contributed by atoms with Crippen LogP contribution in [0.2, 0.25) is 32.7 Å². The zero-order valence-electron chi connectivity index (χ0n) is 9.20. The summed E-state index contributed by atoms with van der Waals surface area (Å²) >= 11 is 0. The molecule has 0 heterocycles. The molecule has 0 aromatic carbocycles. The molecule has 0 bridgehead atoms. The van der Waals surface area contributed by atoms with Crippen LogP contribution in [-0.2, 0) is 0 Å². The van der Waals surface area contributed by atoms with Gasteiger partial charge in [-0.05, 0) is 19.3 Å². The second-order valence-electron chi connectivity index (χ2n) is 5.26. The summed E-state index contributed by atoms with van der Waals surface area (Å²) in [4.78, 5) is 0. The molecule has 1 aliphatic carbocycles. The van der Waals surface area contributed by atoms with Crippen molar-refractivity contribution in [1.82, 2.24) is 0 Å². The first-order chi connectivity index (χ1) is 5.43. The van der Waals surface area contributed by atoms with Gasteiger partial charge in [0, 0.05) is 0 Å². The van der Waals surface area contributed by atoms with Crippen molar-refractivity contribution >= 4 is 16.9 Å². The SMILES string of the molecule is C[SiH](C)C1=C([Si](C)(C)C)CCC1. The van der Waals surface area contributed by atoms with Crippen LogP contribution in [0.5, 0.6) is 0 Å². The molecule has 0 saturated carbocycles. The van der Waals surface area contributed by atoms with Crippen LogP contribution in [-0.4, -0.2) is 16.9 Å². The number of hydrogen-bond donors (Lipinski definition) is 0. The number of rotatable bonds is 2. The number of allylic oxidation sites excluding steroid dienone is 2. The summed E-state index contributed by atoms with van der Waals surface area (Å²) in [5.74, 6) is 0. The fourth-order valence-corrected chi connectivity index (χ4v) is 8.06. The maximum Gasteiger partial charge on any atom is 0.0718 e. The van der Waals surface area contributed by atoms with Crippen molar-refractivity contribution in [3.63, 3.8) is 0 Å². The predicted octanol–water partition coefficient (Wildman–Crippen LogP) is 3.37. The monoisotopic (exact) mass is 198 g/mol. The molecule has 0 nitrogen and oxygen atoms in total. The molecule has 0 aromatic rings. The van der Waals surface area contributed by atoms with E-state index in [1.54, 1.807) is 0 Å². The summed E-state index contributed by atoms with van der Waals surface area (Å²) in [6.07, 6.45) is 4.35. The normalized spacial score (nSPS) is 19.5. The highest BCUT2D eigenvalue weighted by molar-refractivity contribution is 6.85. The van der Waals surface area contributed by atoms with Crippen LogP contribution >= 0.6 is 0 Å². The van der Waals surface area contributed by atoms with Gasteiger partial charge in [0.2, 0.25) is 0 Å². The first kappa shape index (κ1) is 10.3. The van der Waals surface area contributed by atoms with Gasteiger partial charge in [0.15, 0.2) is 0 Å². The summed E-state index contributed by atoms with van der Waals surface area (Å²) in [5.41, 5.74) is 0. The predicted molar refractivity (Wildman–Crippen MR) is 63.1 cm³/mol. The molecule has 2 heteroatoms. The van der Waals surface area contributed by atoms with E-state index in [1.807, 2.05) is 10.4 Å². The maximum absolute atomic E-state index is 2.50. The molecule has 0 radical (unpaired) electrons. The minimum atomic E-state index is -0.936. The third kappa shape index (κ3) is 2.10. The van der Waals surface area contributed by atoms with Crippen LogP contribution in [0.3, 0.4) is 0 Å². The van der Waals surface area contributed by atoms with Crippen molar-refractivity contribution < 1.29 is 0 Å². The molecular weight excluding hydrogens is 176 g/mol. The molecule has 0 spiro atoms. The van der Waals surface area contributed by atoms with Crippen LogP contribution in [0.25, 0.3) is 0 Å². The van der Waals surface area contributed by atoms with Crippen LogP contribution < -0.4 is 0 Å². The van der Waals surface area contributed by atoms with E-state index < -0.39 is 16.9 Å². The molecule has 0 saturated heterocycles. The third-order valence-corrected chi connectivity index (χ3v) is 7.56. The Balaban J connectivity index is 2.92. The van der Waals surface area contributed by atoms with Gasteiger partial charge in [0.25, 0.3) is 0 Å². The first-order valence-electron chi connectivity index (χ1n) is 5.15. The Morgan fingerprint density at radius 3 is 2.00 bits per heavy atom. The van der Waals surface area contributed by atoms with Gasteiger partial charge in [-0.3, -0.25) is 0 Å². The molecule has 70 valence electrons. The first-order valence-corrected chi connectivity index (χ1v) is 11.5. The summed E-state index contributed by atoms with van der Waals surface area (Å²) < 4.78 is 0. The van der Waals surface area contributed by atoms with Gasteiger partial charge in [0.05, 0.1) is 16.9 Å². The summed E-state index contributed by atoms with van der Waals surface area (Å²) in [7, 11) is -1.40. The topological polar surface area (TPSA) is 0 Å². The lowest BCUT2D eigenvalue weighted by Crippen LogP contribution is -2.26. The quantitative estimate of drug-likeness (QED) is 0.597. The molecule has 0 atom stereocenters. The molecule has 0 aromatic heterocycles. The third-order valence-electron chi connectivity index (χ3n) is 2.86. The Bertz CT molecular complexity index is 196. The van der Waals surface area contributed by atoms with E-state index in [0.717, 1.165) is 0 Å². The van der Waals surface area contributed by atoms with Crippen molar-refractivity contribution in [2.24, 2.45) is 0 Å². The average Bonchev–Trinajstić information content (AvgIpc) is 2.30. The van der Waals surface area contributed by atoms with Gasteiger partial charge >= 0.3 is 0 Å². The fraction of sp³-hybridized carbons (Fsp3) is 0.800. The molecule has 0 aliphatic heterocycles. The van der Waals surface area contributed by atoms with Crippen molar-refractivity contribution in [3.8, 4) is 0 Å². The number of hydrogen-bond acceptors (Lipinski definition) is 0. The van der Waals surface area contributed by atoms with Crippen LogP contribution in [0.4, 0.5) is 0 Å². The van der Waals surface area contributed by atoms with E-state index in [-0.39, 0.29) is 0 Å². The van der Waals surface area contributed by atoms with Crippen LogP contribution in [0.1, 0.15) is 19.3 Å². The zero-order chi connectivity index (χ0) is 9.35. The fourth-order valence-electron chi connectivity index (χ4n) is 2.26. The van der Waals surface area contributed by atoms with Crippen molar-refractivity contribution in [3.05, 3.63) is 10.4 Å². The molecule has 0 unspecified atom stereocenters. The summed E-state index contributed by atoms with van der Waals surface area (Å²) in [5, 5.41) is 3.87. The van der Waals surface area contributed by atoms with Crippen molar-refractivity contribution in [2.75, 3.05) is 0 Å². The summed E-state index contributed by atoms with van der Waals surface area (Å²) in [6.45, 7) is 12.5. The van der Waals surface area contributed by atoms with Crippen LogP contribution in [0, 0.1) is 0 Å². The smallest absolute Gasteiger partial charge is 0.0718 e. The van der Waals surface area contributed by atoms with E-state index in [1.165, 1.54) is 19.3 Å². The maximum atomic E-state index is 2.50. The molecule has 12 heavy (non-hydrogen) atoms. The van der Waals surface area contributed by atoms with E-state index in [9.17, 15) is 0 Å². The highest BCUT2D eigenvalue weighted by Crippen LogP contribution is 2.33. The molecular formula is C10H22Si2. The van der Waals surface area contributed by atoms with Gasteiger partial charge in [0.1, 0.15) is 0 Å². The minimum Gasteiger partial charge on any atom is -0.0891 e. The van der Waals surface area contributed by atoms with E-state index in [2.05, 4.69) is 32.7 Å². The molecule has 1 rings (SSSR count). The van der Waals surface area contributed by atoms with Gasteiger partial charge in [-0.2, -0.15) is 0 Å². The molecule has 0 amide bonds. The summed E-state index contributed by atoms with van der Waals surface area (Å²) in [6, 6.07) is 0. The lowest BCUT2D eigenvalue weighted by Gasteiger charge is -2.21. The van der Waals surface area contributed by atoms with Crippen molar-refractivity contribution in [2.45, 2.75) is 52.0 Å². The van der Waals surface area contributed by atoms with Gasteiger partial charge in [-0.15, -0.1) is 0 Å². The highest BCUT2D eigenvalue weighted by atomic mass is 28.3. The highest BCUT2D eigenvalue weighted by Gasteiger charge is 2.27. The minimum absolute atomic E-state index is 0.466. The second-order valence-corrected chi connectivity index (χ2v) is 13.4. The Morgan fingerprint density at radius 1 is 1.08 bits per heavy atom. The van der Waals surface area contributed by atoms with Crippen molar-refractivity contribution in [1.29, 1.82) is 0 Å². The zero-order valence-corrected chi connectivity index (χ0v) is 11.4. The molecule has 0 fully saturated rings.